The molecule has 5 aromatic rings. The van der Waals surface area contributed by atoms with Crippen LogP contribution >= 0.6 is 0 Å². The monoisotopic (exact) mass is 478 g/mol. The van der Waals surface area contributed by atoms with Crippen molar-refractivity contribution in [3.8, 4) is 22.5 Å². The lowest BCUT2D eigenvalue weighted by Gasteiger charge is -2.14. The maximum atomic E-state index is 5.90. The number of H-pyrrole nitrogens is 1. The molecular formula is C28H30N8. The fraction of sp³-hybridized carbons (Fsp3) is 0.250. The molecule has 0 aliphatic carbocycles. The van der Waals surface area contributed by atoms with E-state index in [0.29, 0.717) is 18.3 Å². The van der Waals surface area contributed by atoms with Crippen LogP contribution in [0.5, 0.6) is 0 Å². The van der Waals surface area contributed by atoms with Crippen LogP contribution in [0.3, 0.4) is 0 Å². The topological polar surface area (TPSA) is 111 Å². The fourth-order valence-corrected chi connectivity index (χ4v) is 4.39. The number of aromatic nitrogens is 7. The highest BCUT2D eigenvalue weighted by molar-refractivity contribution is 5.80. The summed E-state index contributed by atoms with van der Waals surface area (Å²) in [6, 6.07) is 24.6. The Morgan fingerprint density at radius 3 is 2.28 bits per heavy atom. The van der Waals surface area contributed by atoms with Gasteiger partial charge in [0.05, 0.1) is 6.54 Å². The van der Waals surface area contributed by atoms with Gasteiger partial charge < -0.3 is 5.73 Å². The van der Waals surface area contributed by atoms with Gasteiger partial charge in [0.1, 0.15) is 5.82 Å². The Hall–Kier alpha value is -4.33. The molecule has 0 aliphatic heterocycles. The zero-order chi connectivity index (χ0) is 25.1. The average molecular weight is 479 g/mol. The van der Waals surface area contributed by atoms with Gasteiger partial charge in [-0.1, -0.05) is 81.4 Å². The van der Waals surface area contributed by atoms with Crippen LogP contribution in [0.1, 0.15) is 49.5 Å². The number of rotatable bonds is 8. The molecule has 3 aromatic carbocycles. The second-order valence-corrected chi connectivity index (χ2v) is 9.51. The second-order valence-electron chi connectivity index (χ2n) is 9.51. The first-order chi connectivity index (χ1) is 17.5. The van der Waals surface area contributed by atoms with Crippen LogP contribution in [0.4, 0.5) is 5.69 Å². The minimum absolute atomic E-state index is 0.0973. The van der Waals surface area contributed by atoms with Crippen molar-refractivity contribution in [3.05, 3.63) is 95.6 Å². The van der Waals surface area contributed by atoms with Crippen LogP contribution < -0.4 is 5.73 Å². The fourth-order valence-electron chi connectivity index (χ4n) is 4.39. The van der Waals surface area contributed by atoms with E-state index in [1.165, 1.54) is 5.56 Å². The van der Waals surface area contributed by atoms with Crippen molar-refractivity contribution in [3.63, 3.8) is 0 Å². The summed E-state index contributed by atoms with van der Waals surface area (Å²) in [6.45, 7) is 7.19. The van der Waals surface area contributed by atoms with E-state index < -0.39 is 0 Å². The molecule has 36 heavy (non-hydrogen) atoms. The van der Waals surface area contributed by atoms with E-state index >= 15 is 0 Å². The van der Waals surface area contributed by atoms with E-state index in [9.17, 15) is 0 Å². The largest absolute Gasteiger partial charge is 0.399 e. The second kappa shape index (κ2) is 10.1. The molecule has 1 atom stereocenters. The van der Waals surface area contributed by atoms with Gasteiger partial charge in [0.15, 0.2) is 5.82 Å². The van der Waals surface area contributed by atoms with Crippen molar-refractivity contribution < 1.29 is 0 Å². The predicted octanol–water partition coefficient (Wildman–Crippen LogP) is 5.11. The minimum Gasteiger partial charge on any atom is -0.399 e. The van der Waals surface area contributed by atoms with E-state index in [1.54, 1.807) is 0 Å². The van der Waals surface area contributed by atoms with Gasteiger partial charge in [-0.25, -0.2) is 9.67 Å². The van der Waals surface area contributed by atoms with E-state index in [2.05, 4.69) is 83.9 Å². The Labute approximate surface area is 210 Å². The Kier molecular flexibility index (Phi) is 6.58. The van der Waals surface area contributed by atoms with Gasteiger partial charge >= 0.3 is 0 Å². The Morgan fingerprint density at radius 2 is 1.61 bits per heavy atom. The van der Waals surface area contributed by atoms with Crippen LogP contribution in [0.15, 0.2) is 72.8 Å². The van der Waals surface area contributed by atoms with E-state index in [4.69, 9.17) is 15.8 Å². The minimum atomic E-state index is 0.0973. The van der Waals surface area contributed by atoms with Crippen molar-refractivity contribution in [1.82, 2.24) is 35.4 Å². The normalized spacial score (nSPS) is 12.2. The predicted molar refractivity (Wildman–Crippen MR) is 141 cm³/mol. The van der Waals surface area contributed by atoms with Gasteiger partial charge in [-0.05, 0) is 45.5 Å². The van der Waals surface area contributed by atoms with Crippen LogP contribution in [0.25, 0.3) is 22.5 Å². The molecule has 182 valence electrons. The van der Waals surface area contributed by atoms with Crippen molar-refractivity contribution in [2.24, 2.45) is 5.92 Å². The summed E-state index contributed by atoms with van der Waals surface area (Å²) >= 11 is 0. The van der Waals surface area contributed by atoms with E-state index in [0.717, 1.165) is 46.0 Å². The molecule has 5 rings (SSSR count). The third-order valence-electron chi connectivity index (χ3n) is 6.27. The maximum Gasteiger partial charge on any atom is 0.205 e. The molecule has 0 aliphatic rings. The highest BCUT2D eigenvalue weighted by atomic mass is 15.5. The number of nitrogens with two attached hydrogens (primary N) is 1. The van der Waals surface area contributed by atoms with E-state index in [1.807, 2.05) is 35.0 Å². The summed E-state index contributed by atoms with van der Waals surface area (Å²) in [5.74, 6) is 3.00. The Bertz CT molecular complexity index is 1420. The van der Waals surface area contributed by atoms with Crippen molar-refractivity contribution in [1.29, 1.82) is 0 Å². The third kappa shape index (κ3) is 5.02. The summed E-state index contributed by atoms with van der Waals surface area (Å²) in [5, 5.41) is 19.4. The quantitative estimate of drug-likeness (QED) is 0.300. The molecule has 3 N–H and O–H groups in total. The molecule has 2 heterocycles. The lowest BCUT2D eigenvalue weighted by atomic mass is 9.98. The highest BCUT2D eigenvalue weighted by Crippen LogP contribution is 2.30. The molecule has 2 aromatic heterocycles. The number of aromatic amines is 1. The molecule has 8 heteroatoms. The highest BCUT2D eigenvalue weighted by Gasteiger charge is 2.19. The number of hydrogen-bond donors (Lipinski definition) is 2. The summed E-state index contributed by atoms with van der Waals surface area (Å²) in [5.41, 5.74) is 12.1. The summed E-state index contributed by atoms with van der Waals surface area (Å²) < 4.78 is 2.04. The molecule has 0 saturated carbocycles. The zero-order valence-electron chi connectivity index (χ0n) is 20.8. The Morgan fingerprint density at radius 1 is 0.889 bits per heavy atom. The number of tetrazole rings is 1. The standard InChI is InChI=1S/C28H30N8/c1-18(2)16-26-30-28(19(3)21-12-14-23(29)15-13-21)36(33-26)17-20-8-10-22(11-9-20)24-6-4-5-7-25(24)27-31-34-35-32-27/h4-15,18-19H,16-17,29H2,1-3H3,(H,31,32,34,35). The van der Waals surface area contributed by atoms with Crippen molar-refractivity contribution in [2.75, 3.05) is 5.73 Å². The van der Waals surface area contributed by atoms with Gasteiger partial charge in [-0.3, -0.25) is 0 Å². The van der Waals surface area contributed by atoms with Gasteiger partial charge in [-0.2, -0.15) is 10.3 Å². The van der Waals surface area contributed by atoms with Gasteiger partial charge in [0.25, 0.3) is 0 Å². The SMILES string of the molecule is CC(C)Cc1nc(C(C)c2ccc(N)cc2)n(Cc2ccc(-c3ccccc3-c3nn[nH]n3)cc2)n1. The molecule has 1 unspecified atom stereocenters. The molecule has 0 bridgehead atoms. The smallest absolute Gasteiger partial charge is 0.205 e. The van der Waals surface area contributed by atoms with Gasteiger partial charge in [0, 0.05) is 23.6 Å². The average Bonchev–Trinajstić information content (AvgIpc) is 3.55. The lowest BCUT2D eigenvalue weighted by Crippen LogP contribution is -2.11. The molecule has 0 saturated heterocycles. The van der Waals surface area contributed by atoms with Gasteiger partial charge in [-0.15, -0.1) is 10.2 Å². The van der Waals surface area contributed by atoms with Gasteiger partial charge in [0.2, 0.25) is 5.82 Å². The number of benzene rings is 3. The molecule has 0 spiro atoms. The number of nitrogen functional groups attached to an aromatic ring is 1. The number of nitrogens with one attached hydrogen (secondary N) is 1. The number of anilines is 1. The van der Waals surface area contributed by atoms with Crippen LogP contribution in [0, 0.1) is 5.92 Å². The first-order valence-electron chi connectivity index (χ1n) is 12.2. The molecule has 0 radical (unpaired) electrons. The summed E-state index contributed by atoms with van der Waals surface area (Å²) in [6.07, 6.45) is 0.847. The summed E-state index contributed by atoms with van der Waals surface area (Å²) in [7, 11) is 0. The molecule has 8 nitrogen and oxygen atoms in total. The lowest BCUT2D eigenvalue weighted by molar-refractivity contribution is 0.592. The number of nitrogens with zero attached hydrogens (tertiary/aromatic N) is 6. The third-order valence-corrected chi connectivity index (χ3v) is 6.27. The van der Waals surface area contributed by atoms with E-state index in [-0.39, 0.29) is 5.92 Å². The summed E-state index contributed by atoms with van der Waals surface area (Å²) in [4.78, 5) is 4.95. The first-order valence-corrected chi connectivity index (χ1v) is 12.2. The zero-order valence-corrected chi connectivity index (χ0v) is 20.8. The number of hydrogen-bond acceptors (Lipinski definition) is 6. The van der Waals surface area contributed by atoms with Crippen molar-refractivity contribution >= 4 is 5.69 Å². The molecule has 0 fully saturated rings. The maximum absolute atomic E-state index is 5.90. The Balaban J connectivity index is 1.43. The van der Waals surface area contributed by atoms with Crippen LogP contribution in [0.2, 0.25) is 0 Å². The van der Waals surface area contributed by atoms with Crippen LogP contribution in [-0.2, 0) is 13.0 Å². The molecular weight excluding hydrogens is 448 g/mol. The van der Waals surface area contributed by atoms with Crippen LogP contribution in [-0.4, -0.2) is 35.4 Å². The molecule has 0 amide bonds. The first kappa shape index (κ1) is 23.4. The van der Waals surface area contributed by atoms with Crippen molar-refractivity contribution in [2.45, 2.75) is 39.7 Å².